The van der Waals surface area contributed by atoms with Crippen LogP contribution in [0.4, 0.5) is 0 Å². The van der Waals surface area contributed by atoms with Gasteiger partial charge in [-0.05, 0) is 57.4 Å². The fourth-order valence-electron chi connectivity index (χ4n) is 2.77. The van der Waals surface area contributed by atoms with Crippen LogP contribution < -0.4 is 10.1 Å². The fraction of sp³-hybridized carbons (Fsp3) is 0.647. The van der Waals surface area contributed by atoms with E-state index in [2.05, 4.69) is 47.2 Å². The van der Waals surface area contributed by atoms with E-state index in [9.17, 15) is 0 Å². The summed E-state index contributed by atoms with van der Waals surface area (Å²) >= 11 is 3.54. The molecule has 0 spiro atoms. The van der Waals surface area contributed by atoms with Crippen LogP contribution in [-0.2, 0) is 4.74 Å². The van der Waals surface area contributed by atoms with E-state index >= 15 is 0 Å². The van der Waals surface area contributed by atoms with E-state index in [1.54, 1.807) is 0 Å². The van der Waals surface area contributed by atoms with Crippen LogP contribution in [-0.4, -0.2) is 25.9 Å². The Balaban J connectivity index is 1.86. The molecule has 1 fully saturated rings. The second-order valence-electron chi connectivity index (χ2n) is 5.59. The van der Waals surface area contributed by atoms with Crippen LogP contribution in [0.25, 0.3) is 0 Å². The van der Waals surface area contributed by atoms with E-state index in [0.29, 0.717) is 12.1 Å². The molecule has 1 heterocycles. The molecule has 3 nitrogen and oxygen atoms in total. The lowest BCUT2D eigenvalue weighted by Crippen LogP contribution is -2.18. The Morgan fingerprint density at radius 2 is 2.33 bits per heavy atom. The first kappa shape index (κ1) is 16.8. The molecular weight excluding hydrogens is 330 g/mol. The van der Waals surface area contributed by atoms with Crippen molar-refractivity contribution in [3.63, 3.8) is 0 Å². The summed E-state index contributed by atoms with van der Waals surface area (Å²) in [6, 6.07) is 6.53. The normalized spacial score (nSPS) is 19.7. The van der Waals surface area contributed by atoms with Crippen LogP contribution in [0.3, 0.4) is 0 Å². The largest absolute Gasteiger partial charge is 0.493 e. The van der Waals surface area contributed by atoms with Gasteiger partial charge >= 0.3 is 0 Å². The highest BCUT2D eigenvalue weighted by Crippen LogP contribution is 2.29. The zero-order valence-corrected chi connectivity index (χ0v) is 14.6. The Labute approximate surface area is 136 Å². The topological polar surface area (TPSA) is 30.5 Å². The van der Waals surface area contributed by atoms with Crippen molar-refractivity contribution < 1.29 is 9.47 Å². The Bertz CT molecular complexity index is 433. The van der Waals surface area contributed by atoms with Gasteiger partial charge in [-0.1, -0.05) is 22.9 Å². The zero-order chi connectivity index (χ0) is 15.1. The maximum absolute atomic E-state index is 6.00. The highest BCUT2D eigenvalue weighted by Gasteiger charge is 2.15. The van der Waals surface area contributed by atoms with Crippen LogP contribution in [0.2, 0.25) is 0 Å². The summed E-state index contributed by atoms with van der Waals surface area (Å²) < 4.78 is 12.7. The minimum atomic E-state index is 0.292. The summed E-state index contributed by atoms with van der Waals surface area (Å²) in [5.74, 6) is 0.985. The van der Waals surface area contributed by atoms with Crippen molar-refractivity contribution in [2.45, 2.75) is 51.7 Å². The molecule has 0 bridgehead atoms. The monoisotopic (exact) mass is 355 g/mol. The second kappa shape index (κ2) is 8.76. The molecular formula is C17H26BrNO2. The quantitative estimate of drug-likeness (QED) is 0.698. The van der Waals surface area contributed by atoms with Crippen molar-refractivity contribution in [3.8, 4) is 5.75 Å². The highest BCUT2D eigenvalue weighted by atomic mass is 79.9. The van der Waals surface area contributed by atoms with Crippen molar-refractivity contribution in [2.75, 3.05) is 19.8 Å². The van der Waals surface area contributed by atoms with Gasteiger partial charge < -0.3 is 14.8 Å². The summed E-state index contributed by atoms with van der Waals surface area (Å²) in [5.41, 5.74) is 1.21. The smallest absolute Gasteiger partial charge is 0.124 e. The van der Waals surface area contributed by atoms with Crippen molar-refractivity contribution in [1.29, 1.82) is 0 Å². The number of hydrogen-bond donors (Lipinski definition) is 1. The third-order valence-corrected chi connectivity index (χ3v) is 4.39. The minimum Gasteiger partial charge on any atom is -0.493 e. The Kier molecular flexibility index (Phi) is 7.00. The minimum absolute atomic E-state index is 0.292. The molecule has 1 aromatic carbocycles. The van der Waals surface area contributed by atoms with Crippen molar-refractivity contribution in [1.82, 2.24) is 5.32 Å². The number of hydrogen-bond acceptors (Lipinski definition) is 3. The Morgan fingerprint density at radius 1 is 1.48 bits per heavy atom. The zero-order valence-electron chi connectivity index (χ0n) is 13.0. The molecule has 1 aliphatic heterocycles. The van der Waals surface area contributed by atoms with Gasteiger partial charge in [-0.25, -0.2) is 0 Å². The SMILES string of the molecule is CCNC(C)c1cc(Br)ccc1OCCCC1CCCO1. The number of nitrogens with one attached hydrogen (secondary N) is 1. The third-order valence-electron chi connectivity index (χ3n) is 3.90. The first-order chi connectivity index (χ1) is 10.2. The Morgan fingerprint density at radius 3 is 3.05 bits per heavy atom. The van der Waals surface area contributed by atoms with Gasteiger partial charge in [-0.15, -0.1) is 0 Å². The third kappa shape index (κ3) is 5.28. The molecule has 4 heteroatoms. The van der Waals surface area contributed by atoms with E-state index in [0.717, 1.165) is 42.8 Å². The van der Waals surface area contributed by atoms with E-state index in [1.807, 2.05) is 6.07 Å². The van der Waals surface area contributed by atoms with Crippen molar-refractivity contribution in [2.24, 2.45) is 0 Å². The molecule has 1 aromatic rings. The molecule has 2 atom stereocenters. The molecule has 0 aliphatic carbocycles. The predicted molar refractivity (Wildman–Crippen MR) is 89.9 cm³/mol. The molecule has 1 N–H and O–H groups in total. The van der Waals surface area contributed by atoms with Crippen LogP contribution in [0.15, 0.2) is 22.7 Å². The van der Waals surface area contributed by atoms with Crippen LogP contribution in [0.1, 0.15) is 51.1 Å². The molecule has 2 unspecified atom stereocenters. The predicted octanol–water partition coefficient (Wildman–Crippen LogP) is 4.46. The summed E-state index contributed by atoms with van der Waals surface area (Å²) in [6.07, 6.45) is 5.03. The maximum Gasteiger partial charge on any atom is 0.124 e. The number of ether oxygens (including phenoxy) is 2. The lowest BCUT2D eigenvalue weighted by atomic mass is 10.1. The molecule has 2 rings (SSSR count). The average Bonchev–Trinajstić information content (AvgIpc) is 2.98. The summed E-state index contributed by atoms with van der Waals surface area (Å²) in [5, 5.41) is 3.44. The maximum atomic E-state index is 6.00. The van der Waals surface area contributed by atoms with Gasteiger partial charge in [-0.2, -0.15) is 0 Å². The van der Waals surface area contributed by atoms with Crippen LogP contribution in [0.5, 0.6) is 5.75 Å². The fourth-order valence-corrected chi connectivity index (χ4v) is 3.15. The molecule has 118 valence electrons. The first-order valence-electron chi connectivity index (χ1n) is 7.98. The number of benzene rings is 1. The van der Waals surface area contributed by atoms with Gasteiger partial charge in [0.05, 0.1) is 12.7 Å². The lowest BCUT2D eigenvalue weighted by molar-refractivity contribution is 0.0980. The molecule has 0 amide bonds. The van der Waals surface area contributed by atoms with Crippen molar-refractivity contribution in [3.05, 3.63) is 28.2 Å². The van der Waals surface area contributed by atoms with Crippen LogP contribution >= 0.6 is 15.9 Å². The first-order valence-corrected chi connectivity index (χ1v) is 8.77. The van der Waals surface area contributed by atoms with E-state index in [4.69, 9.17) is 9.47 Å². The van der Waals surface area contributed by atoms with E-state index in [1.165, 1.54) is 18.4 Å². The number of halogens is 1. The summed E-state index contributed by atoms with van der Waals surface area (Å²) in [7, 11) is 0. The molecule has 1 saturated heterocycles. The van der Waals surface area contributed by atoms with Gasteiger partial charge in [-0.3, -0.25) is 0 Å². The Hall–Kier alpha value is -0.580. The molecule has 1 aliphatic rings. The molecule has 0 saturated carbocycles. The summed E-state index contributed by atoms with van der Waals surface area (Å²) in [4.78, 5) is 0. The molecule has 0 aromatic heterocycles. The van der Waals surface area contributed by atoms with Crippen LogP contribution in [0, 0.1) is 0 Å². The lowest BCUT2D eigenvalue weighted by Gasteiger charge is -2.18. The van der Waals surface area contributed by atoms with Gasteiger partial charge in [0.15, 0.2) is 0 Å². The summed E-state index contributed by atoms with van der Waals surface area (Å²) in [6.45, 7) is 6.93. The van der Waals surface area contributed by atoms with E-state index in [-0.39, 0.29) is 0 Å². The number of rotatable bonds is 8. The average molecular weight is 356 g/mol. The molecule has 0 radical (unpaired) electrons. The van der Waals surface area contributed by atoms with Gasteiger partial charge in [0.1, 0.15) is 5.75 Å². The van der Waals surface area contributed by atoms with Gasteiger partial charge in [0, 0.05) is 22.7 Å². The molecule has 21 heavy (non-hydrogen) atoms. The van der Waals surface area contributed by atoms with E-state index < -0.39 is 0 Å². The van der Waals surface area contributed by atoms with Gasteiger partial charge in [0.25, 0.3) is 0 Å². The van der Waals surface area contributed by atoms with Crippen molar-refractivity contribution >= 4 is 15.9 Å². The highest BCUT2D eigenvalue weighted by molar-refractivity contribution is 9.10. The van der Waals surface area contributed by atoms with Gasteiger partial charge in [0.2, 0.25) is 0 Å². The standard InChI is InChI=1S/C17H26BrNO2/c1-3-19-13(2)16-12-14(18)8-9-17(16)21-11-5-7-15-6-4-10-20-15/h8-9,12-13,15,19H,3-7,10-11H2,1-2H3. The second-order valence-corrected chi connectivity index (χ2v) is 6.50.